The molecule has 2 nitrogen and oxygen atoms in total. The maximum atomic E-state index is 3.80. The van der Waals surface area contributed by atoms with Crippen molar-refractivity contribution in [1.82, 2.24) is 10.2 Å². The number of hydrogen-bond donors (Lipinski definition) is 1. The maximum absolute atomic E-state index is 3.80. The van der Waals surface area contributed by atoms with Crippen LogP contribution in [-0.2, 0) is 0 Å². The van der Waals surface area contributed by atoms with Gasteiger partial charge in [0.1, 0.15) is 0 Å². The Labute approximate surface area is 101 Å². The van der Waals surface area contributed by atoms with Gasteiger partial charge in [0.2, 0.25) is 0 Å². The largest absolute Gasteiger partial charge is 0.309 e. The van der Waals surface area contributed by atoms with Crippen LogP contribution in [0.2, 0.25) is 0 Å². The Bertz CT molecular complexity index is 219. The molecule has 1 aliphatic carbocycles. The van der Waals surface area contributed by atoms with Gasteiger partial charge in [-0.1, -0.05) is 33.6 Å². The first-order valence-corrected chi connectivity index (χ1v) is 7.16. The van der Waals surface area contributed by atoms with E-state index in [1.54, 1.807) is 0 Å². The molecule has 2 aliphatic rings. The summed E-state index contributed by atoms with van der Waals surface area (Å²) in [7, 11) is 0. The standard InChI is InChI=1S/C14H28N2/c1-4-13(12(2)3)16-10-9-15-14(11-16)7-5-6-8-14/h12-13,15H,4-11H2,1-3H3. The second kappa shape index (κ2) is 5.05. The lowest BCUT2D eigenvalue weighted by molar-refractivity contribution is 0.0706. The summed E-state index contributed by atoms with van der Waals surface area (Å²) < 4.78 is 0. The van der Waals surface area contributed by atoms with Gasteiger partial charge in [-0.05, 0) is 25.2 Å². The summed E-state index contributed by atoms with van der Waals surface area (Å²) in [6, 6.07) is 0.791. The molecule has 2 heteroatoms. The van der Waals surface area contributed by atoms with Gasteiger partial charge in [0, 0.05) is 31.2 Å². The molecule has 1 N–H and O–H groups in total. The zero-order valence-electron chi connectivity index (χ0n) is 11.3. The monoisotopic (exact) mass is 224 g/mol. The van der Waals surface area contributed by atoms with Crippen molar-refractivity contribution in [2.24, 2.45) is 5.92 Å². The van der Waals surface area contributed by atoms with Crippen molar-refractivity contribution in [3.63, 3.8) is 0 Å². The fraction of sp³-hybridized carbons (Fsp3) is 1.00. The van der Waals surface area contributed by atoms with Gasteiger partial charge < -0.3 is 5.32 Å². The third-order valence-corrected chi connectivity index (χ3v) is 4.62. The van der Waals surface area contributed by atoms with E-state index >= 15 is 0 Å². The van der Waals surface area contributed by atoms with Crippen molar-refractivity contribution in [2.45, 2.75) is 64.5 Å². The summed E-state index contributed by atoms with van der Waals surface area (Å²) in [6.45, 7) is 10.8. The van der Waals surface area contributed by atoms with E-state index in [1.165, 1.54) is 51.7 Å². The zero-order chi connectivity index (χ0) is 11.6. The highest BCUT2D eigenvalue weighted by Gasteiger charge is 2.39. The number of nitrogens with one attached hydrogen (secondary N) is 1. The van der Waals surface area contributed by atoms with Crippen LogP contribution >= 0.6 is 0 Å². The SMILES string of the molecule is CCC(C(C)C)N1CCNC2(CCCC2)C1. The molecule has 0 aromatic heterocycles. The van der Waals surface area contributed by atoms with Crippen LogP contribution in [0.3, 0.4) is 0 Å². The fourth-order valence-electron chi connectivity index (χ4n) is 3.81. The van der Waals surface area contributed by atoms with Crippen LogP contribution in [0.5, 0.6) is 0 Å². The molecule has 1 saturated carbocycles. The van der Waals surface area contributed by atoms with Crippen molar-refractivity contribution in [2.75, 3.05) is 19.6 Å². The Morgan fingerprint density at radius 3 is 2.50 bits per heavy atom. The highest BCUT2D eigenvalue weighted by Crippen LogP contribution is 2.33. The maximum Gasteiger partial charge on any atom is 0.0309 e. The second-order valence-electron chi connectivity index (χ2n) is 6.10. The number of piperazine rings is 1. The van der Waals surface area contributed by atoms with Crippen LogP contribution in [0, 0.1) is 5.92 Å². The molecule has 1 heterocycles. The van der Waals surface area contributed by atoms with E-state index in [-0.39, 0.29) is 0 Å². The van der Waals surface area contributed by atoms with Crippen LogP contribution in [0.25, 0.3) is 0 Å². The summed E-state index contributed by atoms with van der Waals surface area (Å²) in [6.07, 6.45) is 6.96. The molecule has 0 aromatic rings. The molecule has 1 saturated heterocycles. The molecule has 2 fully saturated rings. The second-order valence-corrected chi connectivity index (χ2v) is 6.10. The Hall–Kier alpha value is -0.0800. The van der Waals surface area contributed by atoms with E-state index in [0.717, 1.165) is 12.0 Å². The summed E-state index contributed by atoms with van der Waals surface area (Å²) in [5, 5.41) is 3.80. The van der Waals surface area contributed by atoms with Gasteiger partial charge in [0.15, 0.2) is 0 Å². The Morgan fingerprint density at radius 2 is 1.94 bits per heavy atom. The molecule has 0 amide bonds. The number of nitrogens with zero attached hydrogens (tertiary/aromatic N) is 1. The molecule has 1 spiro atoms. The third kappa shape index (κ3) is 2.43. The lowest BCUT2D eigenvalue weighted by Gasteiger charge is -2.46. The average molecular weight is 224 g/mol. The third-order valence-electron chi connectivity index (χ3n) is 4.62. The van der Waals surface area contributed by atoms with Crippen LogP contribution in [0.4, 0.5) is 0 Å². The van der Waals surface area contributed by atoms with E-state index in [4.69, 9.17) is 0 Å². The summed E-state index contributed by atoms with van der Waals surface area (Å²) in [5.41, 5.74) is 0.487. The van der Waals surface area contributed by atoms with Crippen molar-refractivity contribution in [1.29, 1.82) is 0 Å². The van der Waals surface area contributed by atoms with Crippen LogP contribution < -0.4 is 5.32 Å². The van der Waals surface area contributed by atoms with E-state index in [1.807, 2.05) is 0 Å². The lowest BCUT2D eigenvalue weighted by atomic mass is 9.91. The highest BCUT2D eigenvalue weighted by molar-refractivity contribution is 4.99. The van der Waals surface area contributed by atoms with Crippen LogP contribution in [-0.4, -0.2) is 36.1 Å². The fourth-order valence-corrected chi connectivity index (χ4v) is 3.81. The van der Waals surface area contributed by atoms with Gasteiger partial charge >= 0.3 is 0 Å². The van der Waals surface area contributed by atoms with Gasteiger partial charge in [-0.15, -0.1) is 0 Å². The van der Waals surface area contributed by atoms with Crippen LogP contribution in [0.1, 0.15) is 52.9 Å². The quantitative estimate of drug-likeness (QED) is 0.793. The van der Waals surface area contributed by atoms with Crippen molar-refractivity contribution in [3.05, 3.63) is 0 Å². The first-order valence-electron chi connectivity index (χ1n) is 7.16. The van der Waals surface area contributed by atoms with Crippen molar-refractivity contribution >= 4 is 0 Å². The summed E-state index contributed by atoms with van der Waals surface area (Å²) in [4.78, 5) is 2.76. The Morgan fingerprint density at radius 1 is 1.25 bits per heavy atom. The minimum absolute atomic E-state index is 0.487. The van der Waals surface area contributed by atoms with Gasteiger partial charge in [0.25, 0.3) is 0 Å². The highest BCUT2D eigenvalue weighted by atomic mass is 15.2. The molecule has 2 rings (SSSR count). The van der Waals surface area contributed by atoms with Gasteiger partial charge in [-0.3, -0.25) is 4.90 Å². The molecule has 0 radical (unpaired) electrons. The topological polar surface area (TPSA) is 15.3 Å². The van der Waals surface area contributed by atoms with E-state index < -0.39 is 0 Å². The van der Waals surface area contributed by atoms with Crippen molar-refractivity contribution < 1.29 is 0 Å². The zero-order valence-corrected chi connectivity index (χ0v) is 11.3. The minimum Gasteiger partial charge on any atom is -0.309 e. The molecule has 1 aliphatic heterocycles. The van der Waals surface area contributed by atoms with Crippen molar-refractivity contribution in [3.8, 4) is 0 Å². The summed E-state index contributed by atoms with van der Waals surface area (Å²) in [5.74, 6) is 0.793. The molecular formula is C14H28N2. The Kier molecular flexibility index (Phi) is 3.91. The minimum atomic E-state index is 0.487. The van der Waals surface area contributed by atoms with E-state index in [9.17, 15) is 0 Å². The van der Waals surface area contributed by atoms with Gasteiger partial charge in [-0.25, -0.2) is 0 Å². The molecule has 0 bridgehead atoms. The normalized spacial score (nSPS) is 27.8. The predicted octanol–water partition coefficient (Wildman–Crippen LogP) is 2.64. The number of rotatable bonds is 3. The average Bonchev–Trinajstić information content (AvgIpc) is 2.67. The number of hydrogen-bond acceptors (Lipinski definition) is 2. The first kappa shape index (κ1) is 12.4. The first-order chi connectivity index (χ1) is 7.67. The van der Waals surface area contributed by atoms with Gasteiger partial charge in [0.05, 0.1) is 0 Å². The molecule has 0 aromatic carbocycles. The van der Waals surface area contributed by atoms with Crippen LogP contribution in [0.15, 0.2) is 0 Å². The Balaban J connectivity index is 2.00. The molecule has 1 atom stereocenters. The predicted molar refractivity (Wildman–Crippen MR) is 69.7 cm³/mol. The molecule has 16 heavy (non-hydrogen) atoms. The molecule has 1 unspecified atom stereocenters. The molecular weight excluding hydrogens is 196 g/mol. The van der Waals surface area contributed by atoms with E-state index in [2.05, 4.69) is 31.0 Å². The molecule has 94 valence electrons. The smallest absolute Gasteiger partial charge is 0.0309 e. The summed E-state index contributed by atoms with van der Waals surface area (Å²) >= 11 is 0. The lowest BCUT2D eigenvalue weighted by Crippen LogP contribution is -2.61. The van der Waals surface area contributed by atoms with E-state index in [0.29, 0.717) is 5.54 Å². The van der Waals surface area contributed by atoms with Gasteiger partial charge in [-0.2, -0.15) is 0 Å².